The first-order valence-corrected chi connectivity index (χ1v) is 11.0. The molecule has 182 valence electrons. The van der Waals surface area contributed by atoms with Crippen LogP contribution >= 0.6 is 0 Å². The Morgan fingerprint density at radius 1 is 1.20 bits per heavy atom. The molecule has 4 rings (SSSR count). The zero-order valence-electron chi connectivity index (χ0n) is 19.9. The quantitative estimate of drug-likeness (QED) is 0.447. The van der Waals surface area contributed by atoms with Crippen LogP contribution in [0.2, 0.25) is 0 Å². The molecule has 0 unspecified atom stereocenters. The van der Waals surface area contributed by atoms with E-state index in [1.807, 2.05) is 0 Å². The summed E-state index contributed by atoms with van der Waals surface area (Å²) < 4.78 is 5.47. The number of H-pyrrole nitrogens is 1. The second-order valence-corrected chi connectivity index (χ2v) is 9.36. The molecule has 10 heteroatoms. The summed E-state index contributed by atoms with van der Waals surface area (Å²) in [6.45, 7) is 5.24. The summed E-state index contributed by atoms with van der Waals surface area (Å²) >= 11 is 0. The number of carbonyl (C=O) groups excluding carboxylic acids is 3. The van der Waals surface area contributed by atoms with Crippen LogP contribution in [0.4, 0.5) is 10.5 Å². The number of carbonyl (C=O) groups is 3. The number of aromatic amines is 1. The van der Waals surface area contributed by atoms with Gasteiger partial charge in [-0.3, -0.25) is 14.5 Å². The Kier molecular flexibility index (Phi) is 6.21. The number of hydrogen-bond acceptors (Lipinski definition) is 6. The lowest BCUT2D eigenvalue weighted by Crippen LogP contribution is -2.48. The zero-order chi connectivity index (χ0) is 25.3. The van der Waals surface area contributed by atoms with Gasteiger partial charge in [0.05, 0.1) is 11.8 Å². The maximum Gasteiger partial charge on any atom is 0.410 e. The van der Waals surface area contributed by atoms with Gasteiger partial charge in [0.2, 0.25) is 5.91 Å². The van der Waals surface area contributed by atoms with Crippen molar-refractivity contribution in [2.45, 2.75) is 38.8 Å². The third-order valence-corrected chi connectivity index (χ3v) is 5.51. The van der Waals surface area contributed by atoms with Crippen LogP contribution in [0.5, 0.6) is 5.75 Å². The normalized spacial score (nSPS) is 13.7. The number of likely N-dealkylation sites (N-methyl/N-ethyl adjacent to an activating group) is 1. The summed E-state index contributed by atoms with van der Waals surface area (Å²) in [6.07, 6.45) is 2.81. The highest BCUT2D eigenvalue weighted by molar-refractivity contribution is 6.15. The van der Waals surface area contributed by atoms with Crippen LogP contribution in [0.15, 0.2) is 47.7 Å². The summed E-state index contributed by atoms with van der Waals surface area (Å²) in [7, 11) is 1.50. The SMILES string of the molecule is CN(C(=O)OC(C)(C)C)[C@H](Cc1ccc(O)cc1)C(=O)Nc1cc2c3c(c[nH]c3c1)C=NNC2=O. The van der Waals surface area contributed by atoms with Crippen LogP contribution in [0.25, 0.3) is 10.9 Å². The van der Waals surface area contributed by atoms with E-state index >= 15 is 0 Å². The molecule has 0 spiro atoms. The van der Waals surface area contributed by atoms with Gasteiger partial charge in [0.1, 0.15) is 17.4 Å². The molecular weight excluding hydrogens is 450 g/mol. The minimum absolute atomic E-state index is 0.0982. The lowest BCUT2D eigenvalue weighted by molar-refractivity contribution is -0.120. The van der Waals surface area contributed by atoms with Gasteiger partial charge < -0.3 is 20.1 Å². The molecule has 2 heterocycles. The van der Waals surface area contributed by atoms with Crippen molar-refractivity contribution in [1.82, 2.24) is 15.3 Å². The third kappa shape index (κ3) is 5.26. The largest absolute Gasteiger partial charge is 0.508 e. The van der Waals surface area contributed by atoms with E-state index in [0.717, 1.165) is 11.1 Å². The molecule has 1 aliphatic heterocycles. The molecular formula is C25H27N5O5. The summed E-state index contributed by atoms with van der Waals surface area (Å²) in [5.41, 5.74) is 4.61. The molecule has 1 aromatic heterocycles. The first-order chi connectivity index (χ1) is 16.5. The number of rotatable bonds is 5. The molecule has 3 amide bonds. The van der Waals surface area contributed by atoms with Crippen LogP contribution in [0.1, 0.15) is 42.3 Å². The number of amides is 3. The van der Waals surface area contributed by atoms with Crippen LogP contribution < -0.4 is 10.7 Å². The van der Waals surface area contributed by atoms with Crippen LogP contribution in [0, 0.1) is 0 Å². The number of phenolic OH excluding ortho intramolecular Hbond substituents is 1. The van der Waals surface area contributed by atoms with E-state index in [2.05, 4.69) is 20.8 Å². The molecule has 2 aromatic carbocycles. The third-order valence-electron chi connectivity index (χ3n) is 5.51. The Hall–Kier alpha value is -4.34. The van der Waals surface area contributed by atoms with Gasteiger partial charge in [-0.15, -0.1) is 0 Å². The second kappa shape index (κ2) is 9.13. The topological polar surface area (TPSA) is 136 Å². The monoisotopic (exact) mass is 477 g/mol. The van der Waals surface area contributed by atoms with Crippen molar-refractivity contribution in [1.29, 1.82) is 0 Å². The molecule has 0 saturated carbocycles. The molecule has 1 atom stereocenters. The number of nitrogens with zero attached hydrogens (tertiary/aromatic N) is 2. The van der Waals surface area contributed by atoms with Gasteiger partial charge in [0, 0.05) is 41.8 Å². The average Bonchev–Trinajstić information content (AvgIpc) is 3.11. The second-order valence-electron chi connectivity index (χ2n) is 9.36. The summed E-state index contributed by atoms with van der Waals surface area (Å²) in [5, 5.41) is 17.0. The van der Waals surface area contributed by atoms with E-state index in [1.54, 1.807) is 57.4 Å². The van der Waals surface area contributed by atoms with Gasteiger partial charge in [0.25, 0.3) is 5.91 Å². The average molecular weight is 478 g/mol. The van der Waals surface area contributed by atoms with Crippen molar-refractivity contribution in [3.8, 4) is 5.75 Å². The Bertz CT molecular complexity index is 1320. The van der Waals surface area contributed by atoms with Crippen molar-refractivity contribution in [3.05, 3.63) is 59.3 Å². The van der Waals surface area contributed by atoms with Gasteiger partial charge in [-0.25, -0.2) is 10.2 Å². The Labute approximate surface area is 202 Å². The number of aromatic nitrogens is 1. The number of ether oxygens (including phenoxy) is 1. The lowest BCUT2D eigenvalue weighted by atomic mass is 10.0. The summed E-state index contributed by atoms with van der Waals surface area (Å²) in [5.74, 6) is -0.761. The highest BCUT2D eigenvalue weighted by Crippen LogP contribution is 2.28. The van der Waals surface area contributed by atoms with Crippen molar-refractivity contribution in [2.24, 2.45) is 5.10 Å². The fourth-order valence-electron chi connectivity index (χ4n) is 3.82. The minimum Gasteiger partial charge on any atom is -0.508 e. The highest BCUT2D eigenvalue weighted by atomic mass is 16.6. The van der Waals surface area contributed by atoms with E-state index < -0.39 is 29.6 Å². The molecule has 4 N–H and O–H groups in total. The molecule has 0 bridgehead atoms. The molecule has 3 aromatic rings. The maximum absolute atomic E-state index is 13.5. The Morgan fingerprint density at radius 2 is 1.91 bits per heavy atom. The number of aromatic hydroxyl groups is 1. The van der Waals surface area contributed by atoms with E-state index in [4.69, 9.17) is 4.74 Å². The fourth-order valence-corrected chi connectivity index (χ4v) is 3.82. The molecule has 0 fully saturated rings. The standard InChI is InChI=1S/C25H27N5O5/c1-25(2,3)35-24(34)30(4)20(9-14-5-7-17(31)8-6-14)23(33)28-16-10-18-21-15(12-26-19(21)11-16)13-27-29-22(18)32/h5-8,10-13,20,26,31H,9H2,1-4H3,(H,28,33)(H,29,32)/t20-/m1/s1. The maximum atomic E-state index is 13.5. The molecule has 0 saturated heterocycles. The van der Waals surface area contributed by atoms with E-state index in [-0.39, 0.29) is 12.2 Å². The molecule has 0 aliphatic carbocycles. The van der Waals surface area contributed by atoms with Crippen molar-refractivity contribution in [3.63, 3.8) is 0 Å². The van der Waals surface area contributed by atoms with Crippen LogP contribution in [0.3, 0.4) is 0 Å². The number of nitrogens with one attached hydrogen (secondary N) is 3. The van der Waals surface area contributed by atoms with Crippen molar-refractivity contribution >= 4 is 40.7 Å². The van der Waals surface area contributed by atoms with Gasteiger partial charge in [-0.1, -0.05) is 12.1 Å². The number of benzene rings is 2. The summed E-state index contributed by atoms with van der Waals surface area (Å²) in [4.78, 5) is 43.1. The van der Waals surface area contributed by atoms with Crippen LogP contribution in [-0.2, 0) is 16.0 Å². The number of phenols is 1. The summed E-state index contributed by atoms with van der Waals surface area (Å²) in [6, 6.07) is 8.77. The van der Waals surface area contributed by atoms with Gasteiger partial charge >= 0.3 is 6.09 Å². The van der Waals surface area contributed by atoms with Gasteiger partial charge in [0.15, 0.2) is 0 Å². The zero-order valence-corrected chi connectivity index (χ0v) is 19.9. The number of hydrazone groups is 1. The molecule has 10 nitrogen and oxygen atoms in total. The first-order valence-electron chi connectivity index (χ1n) is 11.0. The molecule has 1 aliphatic rings. The fraction of sp³-hybridized carbons (Fsp3) is 0.280. The number of anilines is 1. The Balaban J connectivity index is 1.64. The van der Waals surface area contributed by atoms with Gasteiger partial charge in [-0.2, -0.15) is 5.10 Å². The lowest BCUT2D eigenvalue weighted by Gasteiger charge is -2.30. The van der Waals surface area contributed by atoms with Gasteiger partial charge in [-0.05, 0) is 50.6 Å². The predicted molar refractivity (Wildman–Crippen MR) is 132 cm³/mol. The van der Waals surface area contributed by atoms with E-state index in [9.17, 15) is 19.5 Å². The van der Waals surface area contributed by atoms with Crippen molar-refractivity contribution < 1.29 is 24.2 Å². The first kappa shape index (κ1) is 23.8. The minimum atomic E-state index is -0.930. The number of hydrogen-bond donors (Lipinski definition) is 4. The molecule has 35 heavy (non-hydrogen) atoms. The molecule has 0 radical (unpaired) electrons. The van der Waals surface area contributed by atoms with E-state index in [1.165, 1.54) is 24.1 Å². The predicted octanol–water partition coefficient (Wildman–Crippen LogP) is 3.37. The van der Waals surface area contributed by atoms with E-state index in [0.29, 0.717) is 22.2 Å². The smallest absolute Gasteiger partial charge is 0.410 e. The van der Waals surface area contributed by atoms with Crippen LogP contribution in [-0.4, -0.2) is 57.8 Å². The van der Waals surface area contributed by atoms with Crippen molar-refractivity contribution in [2.75, 3.05) is 12.4 Å². The Morgan fingerprint density at radius 3 is 2.60 bits per heavy atom. The highest BCUT2D eigenvalue weighted by Gasteiger charge is 2.31.